The average molecular weight is 251 g/mol. The summed E-state index contributed by atoms with van der Waals surface area (Å²) in [6.45, 7) is 5.05. The molecule has 0 rings (SSSR count). The number of hydrogen-bond acceptors (Lipinski definition) is 5. The molecule has 4 N–H and O–H groups in total. The molecule has 0 amide bonds. The minimum Gasteiger partial charge on any atom is -0.330 e. The Balaban J connectivity index is 3.88. The van der Waals surface area contributed by atoms with Crippen LogP contribution in [0.1, 0.15) is 32.6 Å². The Morgan fingerprint density at radius 3 is 2.11 bits per heavy atom. The van der Waals surface area contributed by atoms with Crippen LogP contribution in [0.2, 0.25) is 0 Å². The number of hydrogen-bond donors (Lipinski definition) is 2. The summed E-state index contributed by atoms with van der Waals surface area (Å²) < 4.78 is 0. The fourth-order valence-electron chi connectivity index (χ4n) is 1.76. The Labute approximate surface area is 110 Å². The van der Waals surface area contributed by atoms with Crippen LogP contribution >= 0.6 is 0 Å². The SMILES string of the molecule is CC(CN)C(N)CCCN(CCC#N)CCC#N. The molecule has 18 heavy (non-hydrogen) atoms. The lowest BCUT2D eigenvalue weighted by molar-refractivity contribution is 0.271. The molecule has 5 nitrogen and oxygen atoms in total. The third-order valence-electron chi connectivity index (χ3n) is 3.19. The van der Waals surface area contributed by atoms with E-state index in [-0.39, 0.29) is 6.04 Å². The van der Waals surface area contributed by atoms with Gasteiger partial charge in [0.1, 0.15) is 0 Å². The van der Waals surface area contributed by atoms with Crippen molar-refractivity contribution in [2.24, 2.45) is 17.4 Å². The van der Waals surface area contributed by atoms with Crippen molar-refractivity contribution in [3.8, 4) is 12.1 Å². The topological polar surface area (TPSA) is 103 Å². The largest absolute Gasteiger partial charge is 0.330 e. The first-order chi connectivity index (χ1) is 8.65. The van der Waals surface area contributed by atoms with Crippen molar-refractivity contribution < 1.29 is 0 Å². The number of nitriles is 2. The summed E-state index contributed by atoms with van der Waals surface area (Å²) in [6, 6.07) is 4.41. The van der Waals surface area contributed by atoms with Crippen LogP contribution in [0.25, 0.3) is 0 Å². The molecule has 0 aromatic heterocycles. The number of nitrogens with zero attached hydrogens (tertiary/aromatic N) is 3. The Morgan fingerprint density at radius 2 is 1.67 bits per heavy atom. The second kappa shape index (κ2) is 11.0. The standard InChI is InChI=1S/C13H25N5/c1-12(11-16)13(17)5-2-8-18(9-3-6-14)10-4-7-15/h12-13H,2-5,8-11,16-17H2,1H3. The Kier molecular flexibility index (Phi) is 10.3. The quantitative estimate of drug-likeness (QED) is 0.598. The van der Waals surface area contributed by atoms with Crippen molar-refractivity contribution in [1.29, 1.82) is 10.5 Å². The van der Waals surface area contributed by atoms with E-state index in [1.807, 2.05) is 0 Å². The lowest BCUT2D eigenvalue weighted by atomic mass is 9.98. The van der Waals surface area contributed by atoms with E-state index >= 15 is 0 Å². The highest BCUT2D eigenvalue weighted by molar-refractivity contribution is 4.77. The van der Waals surface area contributed by atoms with Gasteiger partial charge in [0.2, 0.25) is 0 Å². The molecule has 2 atom stereocenters. The molecule has 2 unspecified atom stereocenters. The van der Waals surface area contributed by atoms with E-state index in [1.54, 1.807) is 0 Å². The van der Waals surface area contributed by atoms with Crippen LogP contribution in [0, 0.1) is 28.6 Å². The van der Waals surface area contributed by atoms with Gasteiger partial charge in [-0.15, -0.1) is 0 Å². The fraction of sp³-hybridized carbons (Fsp3) is 0.846. The smallest absolute Gasteiger partial charge is 0.0635 e. The van der Waals surface area contributed by atoms with Gasteiger partial charge in [-0.2, -0.15) is 10.5 Å². The molecule has 0 heterocycles. The van der Waals surface area contributed by atoms with E-state index in [4.69, 9.17) is 22.0 Å². The zero-order valence-electron chi connectivity index (χ0n) is 11.3. The van der Waals surface area contributed by atoms with Crippen molar-refractivity contribution in [3.05, 3.63) is 0 Å². The van der Waals surface area contributed by atoms with E-state index in [1.165, 1.54) is 0 Å². The maximum absolute atomic E-state index is 8.58. The van der Waals surface area contributed by atoms with Gasteiger partial charge >= 0.3 is 0 Å². The third kappa shape index (κ3) is 8.03. The van der Waals surface area contributed by atoms with Gasteiger partial charge in [-0.1, -0.05) is 6.92 Å². The maximum Gasteiger partial charge on any atom is 0.0635 e. The minimum atomic E-state index is 0.142. The van der Waals surface area contributed by atoms with Crippen LogP contribution in [0.5, 0.6) is 0 Å². The lowest BCUT2D eigenvalue weighted by Crippen LogP contribution is -2.34. The van der Waals surface area contributed by atoms with Crippen molar-refractivity contribution >= 4 is 0 Å². The van der Waals surface area contributed by atoms with E-state index in [0.29, 0.717) is 25.3 Å². The van der Waals surface area contributed by atoms with Crippen LogP contribution in [-0.2, 0) is 0 Å². The molecule has 0 spiro atoms. The highest BCUT2D eigenvalue weighted by Crippen LogP contribution is 2.07. The summed E-state index contributed by atoms with van der Waals surface area (Å²) in [7, 11) is 0. The zero-order chi connectivity index (χ0) is 13.8. The Hall–Kier alpha value is -1.14. The van der Waals surface area contributed by atoms with Crippen LogP contribution in [0.3, 0.4) is 0 Å². The summed E-state index contributed by atoms with van der Waals surface area (Å²) in [5.41, 5.74) is 11.6. The van der Waals surface area contributed by atoms with Gasteiger partial charge in [-0.05, 0) is 31.8 Å². The van der Waals surface area contributed by atoms with E-state index < -0.39 is 0 Å². The Bertz CT molecular complexity index is 260. The fourth-order valence-corrected chi connectivity index (χ4v) is 1.76. The van der Waals surface area contributed by atoms with Crippen LogP contribution in [0.15, 0.2) is 0 Å². The second-order valence-electron chi connectivity index (χ2n) is 4.68. The first-order valence-corrected chi connectivity index (χ1v) is 6.57. The van der Waals surface area contributed by atoms with E-state index in [0.717, 1.165) is 32.5 Å². The average Bonchev–Trinajstić information content (AvgIpc) is 2.39. The molecule has 0 aliphatic carbocycles. The first kappa shape index (κ1) is 16.9. The summed E-state index contributed by atoms with van der Waals surface area (Å²) >= 11 is 0. The molecule has 0 aromatic carbocycles. The van der Waals surface area contributed by atoms with E-state index in [2.05, 4.69) is 24.0 Å². The van der Waals surface area contributed by atoms with E-state index in [9.17, 15) is 0 Å². The normalized spacial score (nSPS) is 13.9. The van der Waals surface area contributed by atoms with Gasteiger partial charge in [0, 0.05) is 32.0 Å². The number of nitrogens with two attached hydrogens (primary N) is 2. The summed E-state index contributed by atoms with van der Waals surface area (Å²) in [5, 5.41) is 17.2. The molecule has 0 aliphatic heterocycles. The molecule has 0 radical (unpaired) electrons. The molecule has 0 saturated carbocycles. The minimum absolute atomic E-state index is 0.142. The monoisotopic (exact) mass is 251 g/mol. The van der Waals surface area contributed by atoms with Crippen LogP contribution in [-0.4, -0.2) is 37.1 Å². The lowest BCUT2D eigenvalue weighted by Gasteiger charge is -2.22. The van der Waals surface area contributed by atoms with Crippen LogP contribution in [0.4, 0.5) is 0 Å². The van der Waals surface area contributed by atoms with Crippen molar-refractivity contribution in [1.82, 2.24) is 4.90 Å². The predicted molar refractivity (Wildman–Crippen MR) is 72.3 cm³/mol. The molecule has 102 valence electrons. The van der Waals surface area contributed by atoms with Gasteiger partial charge in [-0.3, -0.25) is 0 Å². The maximum atomic E-state index is 8.58. The van der Waals surface area contributed by atoms with Gasteiger partial charge in [0.15, 0.2) is 0 Å². The van der Waals surface area contributed by atoms with Gasteiger partial charge in [0.05, 0.1) is 12.1 Å². The molecule has 0 aliphatic rings. The predicted octanol–water partition coefficient (Wildman–Crippen LogP) is 0.818. The Morgan fingerprint density at radius 1 is 1.11 bits per heavy atom. The van der Waals surface area contributed by atoms with Crippen molar-refractivity contribution in [3.63, 3.8) is 0 Å². The van der Waals surface area contributed by atoms with Gasteiger partial charge < -0.3 is 16.4 Å². The summed E-state index contributed by atoms with van der Waals surface area (Å²) in [6.07, 6.45) is 2.95. The molecule has 0 saturated heterocycles. The van der Waals surface area contributed by atoms with Crippen molar-refractivity contribution in [2.45, 2.75) is 38.6 Å². The molecular formula is C13H25N5. The molecule has 0 bridgehead atoms. The summed E-state index contributed by atoms with van der Waals surface area (Å²) in [4.78, 5) is 2.16. The van der Waals surface area contributed by atoms with Crippen LogP contribution < -0.4 is 11.5 Å². The van der Waals surface area contributed by atoms with Crippen molar-refractivity contribution in [2.75, 3.05) is 26.2 Å². The molecule has 0 aromatic rings. The zero-order valence-corrected chi connectivity index (χ0v) is 11.3. The number of rotatable bonds is 10. The third-order valence-corrected chi connectivity index (χ3v) is 3.19. The first-order valence-electron chi connectivity index (χ1n) is 6.57. The van der Waals surface area contributed by atoms with Gasteiger partial charge in [-0.25, -0.2) is 0 Å². The second-order valence-corrected chi connectivity index (χ2v) is 4.68. The molecule has 5 heteroatoms. The highest BCUT2D eigenvalue weighted by Gasteiger charge is 2.11. The highest BCUT2D eigenvalue weighted by atomic mass is 15.1. The molecular weight excluding hydrogens is 226 g/mol. The summed E-state index contributed by atoms with van der Waals surface area (Å²) in [5.74, 6) is 0.344. The van der Waals surface area contributed by atoms with Gasteiger partial charge in [0.25, 0.3) is 0 Å². The molecule has 0 fully saturated rings.